The van der Waals surface area contributed by atoms with Gasteiger partial charge < -0.3 is 10.6 Å². The molecule has 5 nitrogen and oxygen atoms in total. The summed E-state index contributed by atoms with van der Waals surface area (Å²) in [5.41, 5.74) is 1.84. The van der Waals surface area contributed by atoms with Gasteiger partial charge in [-0.2, -0.15) is 0 Å². The fraction of sp³-hybridized carbons (Fsp3) is 0.316. The van der Waals surface area contributed by atoms with Crippen LogP contribution < -0.4 is 10.6 Å². The zero-order valence-electron chi connectivity index (χ0n) is 14.7. The number of hydrogen-bond acceptors (Lipinski definition) is 4. The summed E-state index contributed by atoms with van der Waals surface area (Å²) >= 11 is 0. The normalized spacial score (nSPS) is 11.5. The van der Waals surface area contributed by atoms with Gasteiger partial charge in [0, 0.05) is 12.2 Å². The van der Waals surface area contributed by atoms with Crippen molar-refractivity contribution in [3.05, 3.63) is 59.7 Å². The average Bonchev–Trinajstić information content (AvgIpc) is 2.60. The summed E-state index contributed by atoms with van der Waals surface area (Å²) in [7, 11) is -3.54. The molecule has 0 spiro atoms. The van der Waals surface area contributed by atoms with Crippen LogP contribution >= 0.6 is 0 Å². The van der Waals surface area contributed by atoms with Crippen LogP contribution in [0, 0.1) is 0 Å². The summed E-state index contributed by atoms with van der Waals surface area (Å²) in [6, 6.07) is 13.8. The van der Waals surface area contributed by atoms with Gasteiger partial charge in [-0.25, -0.2) is 8.42 Å². The van der Waals surface area contributed by atoms with Crippen LogP contribution in [0.5, 0.6) is 0 Å². The Labute approximate surface area is 149 Å². The molecule has 0 aromatic heterocycles. The van der Waals surface area contributed by atoms with Crippen molar-refractivity contribution < 1.29 is 13.2 Å². The fourth-order valence-electron chi connectivity index (χ4n) is 2.38. The maximum atomic E-state index is 12.6. The lowest BCUT2D eigenvalue weighted by molar-refractivity contribution is 0.102. The summed E-state index contributed by atoms with van der Waals surface area (Å²) in [5, 5.41) is 5.43. The SMILES string of the molecule is CCNCc1cccc(NC(=O)c2ccccc2S(=O)(=O)C(C)C)c1. The van der Waals surface area contributed by atoms with Crippen molar-refractivity contribution in [1.29, 1.82) is 0 Å². The maximum Gasteiger partial charge on any atom is 0.256 e. The number of carbonyl (C=O) groups excluding carboxylic acids is 1. The summed E-state index contributed by atoms with van der Waals surface area (Å²) < 4.78 is 25.0. The molecule has 2 aromatic carbocycles. The van der Waals surface area contributed by atoms with Gasteiger partial charge in [-0.3, -0.25) is 4.79 Å². The minimum Gasteiger partial charge on any atom is -0.322 e. The van der Waals surface area contributed by atoms with Gasteiger partial charge >= 0.3 is 0 Å². The molecule has 0 bridgehead atoms. The Morgan fingerprint density at radius 3 is 2.48 bits per heavy atom. The highest BCUT2D eigenvalue weighted by atomic mass is 32.2. The lowest BCUT2D eigenvalue weighted by Crippen LogP contribution is -2.21. The number of carbonyl (C=O) groups is 1. The molecule has 2 rings (SSSR count). The van der Waals surface area contributed by atoms with Crippen molar-refractivity contribution in [3.8, 4) is 0 Å². The monoisotopic (exact) mass is 360 g/mol. The smallest absolute Gasteiger partial charge is 0.256 e. The van der Waals surface area contributed by atoms with Gasteiger partial charge in [0.05, 0.1) is 15.7 Å². The molecule has 2 aromatic rings. The molecule has 2 N–H and O–H groups in total. The minimum absolute atomic E-state index is 0.0614. The molecule has 0 radical (unpaired) electrons. The van der Waals surface area contributed by atoms with Crippen molar-refractivity contribution >= 4 is 21.4 Å². The summed E-state index contributed by atoms with van der Waals surface area (Å²) in [5.74, 6) is -0.430. The molecule has 0 heterocycles. The Hall–Kier alpha value is -2.18. The van der Waals surface area contributed by atoms with Crippen molar-refractivity contribution in [2.75, 3.05) is 11.9 Å². The first kappa shape index (κ1) is 19.1. The molecule has 6 heteroatoms. The van der Waals surface area contributed by atoms with Gasteiger partial charge in [-0.05, 0) is 50.2 Å². The molecule has 25 heavy (non-hydrogen) atoms. The minimum atomic E-state index is -3.54. The highest BCUT2D eigenvalue weighted by molar-refractivity contribution is 7.92. The van der Waals surface area contributed by atoms with Crippen LogP contribution in [0.3, 0.4) is 0 Å². The second kappa shape index (κ2) is 8.27. The average molecular weight is 360 g/mol. The van der Waals surface area contributed by atoms with E-state index in [4.69, 9.17) is 0 Å². The predicted molar refractivity (Wildman–Crippen MR) is 101 cm³/mol. The van der Waals surface area contributed by atoms with E-state index in [9.17, 15) is 13.2 Å². The van der Waals surface area contributed by atoms with Crippen LogP contribution in [-0.2, 0) is 16.4 Å². The number of benzene rings is 2. The number of nitrogens with one attached hydrogen (secondary N) is 2. The fourth-order valence-corrected chi connectivity index (χ4v) is 3.63. The van der Waals surface area contributed by atoms with Crippen LogP contribution in [0.4, 0.5) is 5.69 Å². The third-order valence-electron chi connectivity index (χ3n) is 3.82. The van der Waals surface area contributed by atoms with E-state index in [-0.39, 0.29) is 10.5 Å². The zero-order chi connectivity index (χ0) is 18.4. The Morgan fingerprint density at radius 2 is 1.80 bits per heavy atom. The number of amides is 1. The van der Waals surface area contributed by atoms with Gasteiger partial charge in [-0.15, -0.1) is 0 Å². The van der Waals surface area contributed by atoms with Crippen LogP contribution in [0.25, 0.3) is 0 Å². The molecule has 0 atom stereocenters. The van der Waals surface area contributed by atoms with E-state index in [0.29, 0.717) is 12.2 Å². The molecule has 0 unspecified atom stereocenters. The molecular weight excluding hydrogens is 336 g/mol. The highest BCUT2D eigenvalue weighted by Crippen LogP contribution is 2.22. The van der Waals surface area contributed by atoms with Crippen molar-refractivity contribution in [1.82, 2.24) is 5.32 Å². The first-order valence-electron chi connectivity index (χ1n) is 8.30. The van der Waals surface area contributed by atoms with E-state index in [1.54, 1.807) is 32.0 Å². The molecular formula is C19H24N2O3S. The molecule has 1 amide bonds. The van der Waals surface area contributed by atoms with Gasteiger partial charge in [0.25, 0.3) is 5.91 Å². The van der Waals surface area contributed by atoms with Gasteiger partial charge in [0.2, 0.25) is 0 Å². The third-order valence-corrected chi connectivity index (χ3v) is 6.03. The topological polar surface area (TPSA) is 75.3 Å². The molecule has 0 aliphatic heterocycles. The second-order valence-electron chi connectivity index (χ2n) is 6.02. The van der Waals surface area contributed by atoms with E-state index in [2.05, 4.69) is 10.6 Å². The Bertz CT molecular complexity index is 845. The molecule has 134 valence electrons. The van der Waals surface area contributed by atoms with Crippen molar-refractivity contribution in [2.45, 2.75) is 37.5 Å². The quantitative estimate of drug-likeness (QED) is 0.795. The number of sulfone groups is 1. The second-order valence-corrected chi connectivity index (χ2v) is 8.50. The molecule has 0 aliphatic carbocycles. The Morgan fingerprint density at radius 1 is 1.08 bits per heavy atom. The van der Waals surface area contributed by atoms with Crippen LogP contribution in [0.15, 0.2) is 53.4 Å². The third kappa shape index (κ3) is 4.67. The highest BCUT2D eigenvalue weighted by Gasteiger charge is 2.25. The molecule has 0 saturated carbocycles. The maximum absolute atomic E-state index is 12.6. The predicted octanol–water partition coefficient (Wildman–Crippen LogP) is 3.23. The molecule has 0 aliphatic rings. The zero-order valence-corrected chi connectivity index (χ0v) is 15.6. The van der Waals surface area contributed by atoms with E-state index >= 15 is 0 Å². The lowest BCUT2D eigenvalue weighted by Gasteiger charge is -2.13. The summed E-state index contributed by atoms with van der Waals surface area (Å²) in [4.78, 5) is 12.7. The first-order valence-corrected chi connectivity index (χ1v) is 9.84. The first-order chi connectivity index (χ1) is 11.9. The summed E-state index contributed by atoms with van der Waals surface area (Å²) in [6.07, 6.45) is 0. The van der Waals surface area contributed by atoms with Crippen molar-refractivity contribution in [2.24, 2.45) is 0 Å². The number of rotatable bonds is 7. The largest absolute Gasteiger partial charge is 0.322 e. The number of anilines is 1. The van der Waals surface area contributed by atoms with Crippen LogP contribution in [0.2, 0.25) is 0 Å². The van der Waals surface area contributed by atoms with E-state index < -0.39 is 21.0 Å². The van der Waals surface area contributed by atoms with E-state index in [1.807, 2.05) is 25.1 Å². The summed E-state index contributed by atoms with van der Waals surface area (Å²) in [6.45, 7) is 6.80. The molecule has 0 saturated heterocycles. The van der Waals surface area contributed by atoms with Crippen LogP contribution in [0.1, 0.15) is 36.7 Å². The Kier molecular flexibility index (Phi) is 6.33. The van der Waals surface area contributed by atoms with Crippen molar-refractivity contribution in [3.63, 3.8) is 0 Å². The van der Waals surface area contributed by atoms with Crippen LogP contribution in [-0.4, -0.2) is 26.1 Å². The molecule has 0 fully saturated rings. The Balaban J connectivity index is 2.28. The standard InChI is InChI=1S/C19H24N2O3S/c1-4-20-13-15-8-7-9-16(12-15)21-19(22)17-10-5-6-11-18(17)25(23,24)14(2)3/h5-12,14,20H,4,13H2,1-3H3,(H,21,22). The van der Waals surface area contributed by atoms with E-state index in [1.165, 1.54) is 12.1 Å². The van der Waals surface area contributed by atoms with Gasteiger partial charge in [0.15, 0.2) is 9.84 Å². The number of hydrogen-bond donors (Lipinski definition) is 2. The van der Waals surface area contributed by atoms with Gasteiger partial charge in [0.1, 0.15) is 0 Å². The van der Waals surface area contributed by atoms with Gasteiger partial charge in [-0.1, -0.05) is 31.2 Å². The lowest BCUT2D eigenvalue weighted by atomic mass is 10.1. The van der Waals surface area contributed by atoms with E-state index in [0.717, 1.165) is 12.1 Å².